The second-order valence-corrected chi connectivity index (χ2v) is 8.55. The van der Waals surface area contributed by atoms with Gasteiger partial charge in [0.25, 0.3) is 0 Å². The maximum absolute atomic E-state index is 12.3. The number of rotatable bonds is 4. The van der Waals surface area contributed by atoms with Crippen molar-refractivity contribution in [3.63, 3.8) is 0 Å². The highest BCUT2D eigenvalue weighted by Gasteiger charge is 2.26. The minimum Gasteiger partial charge on any atom is -0.444 e. The molecule has 1 heterocycles. The van der Waals surface area contributed by atoms with Gasteiger partial charge in [-0.25, -0.2) is 4.79 Å². The van der Waals surface area contributed by atoms with Gasteiger partial charge >= 0.3 is 6.09 Å². The number of halogens is 1. The molecule has 0 aliphatic carbocycles. The molecular weight excluding hydrogens is 396 g/mol. The molecule has 2 rings (SSSR count). The summed E-state index contributed by atoms with van der Waals surface area (Å²) < 4.78 is 6.45. The van der Waals surface area contributed by atoms with E-state index in [1.165, 1.54) is 11.1 Å². The van der Waals surface area contributed by atoms with Crippen LogP contribution in [-0.4, -0.2) is 42.6 Å². The fraction of sp³-hybridized carbons (Fsp3) is 0.600. The van der Waals surface area contributed by atoms with Crippen LogP contribution in [0.5, 0.6) is 0 Å². The maximum Gasteiger partial charge on any atom is 0.410 e. The molecular formula is C20H29BrN2O3. The third-order valence-electron chi connectivity index (χ3n) is 4.63. The van der Waals surface area contributed by atoms with Crippen LogP contribution in [0.2, 0.25) is 0 Å². The van der Waals surface area contributed by atoms with Crippen LogP contribution in [0.4, 0.5) is 10.5 Å². The number of anilines is 1. The van der Waals surface area contributed by atoms with Crippen molar-refractivity contribution in [2.75, 3.05) is 25.0 Å². The smallest absolute Gasteiger partial charge is 0.410 e. The molecule has 26 heavy (non-hydrogen) atoms. The van der Waals surface area contributed by atoms with Crippen LogP contribution in [0.1, 0.15) is 50.8 Å². The monoisotopic (exact) mass is 424 g/mol. The quantitative estimate of drug-likeness (QED) is 0.716. The van der Waals surface area contributed by atoms with E-state index in [0.29, 0.717) is 25.9 Å². The minimum absolute atomic E-state index is 0.136. The highest BCUT2D eigenvalue weighted by atomic mass is 79.9. The van der Waals surface area contributed by atoms with E-state index in [1.807, 2.05) is 34.7 Å². The Kier molecular flexibility index (Phi) is 6.37. The Labute approximate surface area is 164 Å². The van der Waals surface area contributed by atoms with E-state index in [-0.39, 0.29) is 12.0 Å². The van der Waals surface area contributed by atoms with Crippen LogP contribution in [0.15, 0.2) is 10.5 Å². The Morgan fingerprint density at radius 1 is 1.35 bits per heavy atom. The Hall–Kier alpha value is -1.56. The van der Waals surface area contributed by atoms with Gasteiger partial charge in [0.1, 0.15) is 5.60 Å². The van der Waals surface area contributed by atoms with Gasteiger partial charge in [-0.2, -0.15) is 0 Å². The van der Waals surface area contributed by atoms with E-state index in [1.54, 1.807) is 9.80 Å². The lowest BCUT2D eigenvalue weighted by Gasteiger charge is -2.30. The van der Waals surface area contributed by atoms with Crippen LogP contribution < -0.4 is 4.90 Å². The molecule has 1 aliphatic heterocycles. The molecule has 0 fully saturated rings. The average Bonchev–Trinajstić information content (AvgIpc) is 2.52. The number of hydrogen-bond donors (Lipinski definition) is 0. The summed E-state index contributed by atoms with van der Waals surface area (Å²) in [6.45, 7) is 10.8. The van der Waals surface area contributed by atoms with Crippen LogP contribution in [-0.2, 0) is 22.4 Å². The molecule has 1 aromatic rings. The second-order valence-electron chi connectivity index (χ2n) is 7.76. The van der Waals surface area contributed by atoms with Crippen molar-refractivity contribution in [2.45, 2.75) is 59.5 Å². The van der Waals surface area contributed by atoms with Crippen LogP contribution in [0.25, 0.3) is 0 Å². The molecule has 0 atom stereocenters. The zero-order valence-electron chi connectivity index (χ0n) is 16.6. The number of nitrogens with zero attached hydrogens (tertiary/aromatic N) is 2. The first-order valence-corrected chi connectivity index (χ1v) is 9.89. The summed E-state index contributed by atoms with van der Waals surface area (Å²) in [6.07, 6.45) is 1.74. The SMILES string of the molecule is CCN(CCc1c(C)cc2c(c1Br)N(C)C(=O)CC2)C(=O)OC(C)(C)C. The molecule has 0 saturated carbocycles. The van der Waals surface area contributed by atoms with Gasteiger partial charge in [0.15, 0.2) is 0 Å². The van der Waals surface area contributed by atoms with Crippen LogP contribution in [0.3, 0.4) is 0 Å². The molecule has 2 amide bonds. The van der Waals surface area contributed by atoms with E-state index < -0.39 is 5.60 Å². The molecule has 5 nitrogen and oxygen atoms in total. The standard InChI is InChI=1S/C20H29BrN2O3/c1-7-23(19(25)26-20(3,4)5)11-10-15-13(2)12-14-8-9-16(24)22(6)18(14)17(15)21/h12H,7-11H2,1-6H3. The number of ether oxygens (including phenoxy) is 1. The topological polar surface area (TPSA) is 49.9 Å². The number of carbonyl (C=O) groups excluding carboxylic acids is 2. The van der Waals surface area contributed by atoms with E-state index >= 15 is 0 Å². The number of carbonyl (C=O) groups is 2. The molecule has 0 radical (unpaired) electrons. The molecule has 0 saturated heterocycles. The third-order valence-corrected chi connectivity index (χ3v) is 5.48. The number of likely N-dealkylation sites (N-methyl/N-ethyl adjacent to an activating group) is 1. The van der Waals surface area contributed by atoms with Gasteiger partial charge in [0, 0.05) is 31.0 Å². The second kappa shape index (κ2) is 7.99. The molecule has 144 valence electrons. The number of benzene rings is 1. The van der Waals surface area contributed by atoms with Gasteiger partial charge in [-0.1, -0.05) is 6.07 Å². The van der Waals surface area contributed by atoms with Gasteiger partial charge in [0.05, 0.1) is 5.69 Å². The third kappa shape index (κ3) is 4.58. The predicted molar refractivity (Wildman–Crippen MR) is 108 cm³/mol. The summed E-state index contributed by atoms with van der Waals surface area (Å²) in [5.74, 6) is 0.136. The van der Waals surface area contributed by atoms with Gasteiger partial charge in [-0.05, 0) is 80.1 Å². The van der Waals surface area contributed by atoms with Crippen molar-refractivity contribution in [1.82, 2.24) is 4.90 Å². The summed E-state index contributed by atoms with van der Waals surface area (Å²) in [7, 11) is 1.82. The largest absolute Gasteiger partial charge is 0.444 e. The molecule has 0 unspecified atom stereocenters. The Balaban J connectivity index is 2.22. The van der Waals surface area contributed by atoms with E-state index in [9.17, 15) is 9.59 Å². The van der Waals surface area contributed by atoms with Crippen molar-refractivity contribution >= 4 is 33.6 Å². The van der Waals surface area contributed by atoms with Gasteiger partial charge in [-0.3, -0.25) is 4.79 Å². The zero-order valence-corrected chi connectivity index (χ0v) is 18.2. The van der Waals surface area contributed by atoms with E-state index in [4.69, 9.17) is 4.74 Å². The van der Waals surface area contributed by atoms with E-state index in [0.717, 1.165) is 22.1 Å². The molecule has 6 heteroatoms. The lowest BCUT2D eigenvalue weighted by Crippen LogP contribution is -2.38. The Morgan fingerprint density at radius 2 is 2.00 bits per heavy atom. The molecule has 1 aliphatic rings. The lowest BCUT2D eigenvalue weighted by atomic mass is 9.94. The van der Waals surface area contributed by atoms with Crippen molar-refractivity contribution in [3.8, 4) is 0 Å². The fourth-order valence-electron chi connectivity index (χ4n) is 3.22. The summed E-state index contributed by atoms with van der Waals surface area (Å²) in [4.78, 5) is 27.9. The Bertz CT molecular complexity index is 710. The van der Waals surface area contributed by atoms with Crippen LogP contribution >= 0.6 is 15.9 Å². The molecule has 1 aromatic carbocycles. The Morgan fingerprint density at radius 3 is 2.58 bits per heavy atom. The molecule has 0 spiro atoms. The first kappa shape index (κ1) is 20.7. The minimum atomic E-state index is -0.504. The molecule has 0 aromatic heterocycles. The fourth-order valence-corrected chi connectivity index (χ4v) is 4.25. The zero-order chi connectivity index (χ0) is 19.6. The predicted octanol–water partition coefficient (Wildman–Crippen LogP) is 4.47. The lowest BCUT2D eigenvalue weighted by molar-refractivity contribution is -0.118. The summed E-state index contributed by atoms with van der Waals surface area (Å²) in [6, 6.07) is 2.17. The van der Waals surface area contributed by atoms with Gasteiger partial charge < -0.3 is 14.5 Å². The molecule has 0 N–H and O–H groups in total. The van der Waals surface area contributed by atoms with Crippen molar-refractivity contribution < 1.29 is 14.3 Å². The first-order chi connectivity index (χ1) is 12.0. The number of hydrogen-bond acceptors (Lipinski definition) is 3. The summed E-state index contributed by atoms with van der Waals surface area (Å²) >= 11 is 3.72. The van der Waals surface area contributed by atoms with Crippen molar-refractivity contribution in [1.29, 1.82) is 0 Å². The summed E-state index contributed by atoms with van der Waals surface area (Å²) in [5, 5.41) is 0. The maximum atomic E-state index is 12.3. The van der Waals surface area contributed by atoms with Gasteiger partial charge in [-0.15, -0.1) is 0 Å². The highest BCUT2D eigenvalue weighted by Crippen LogP contribution is 2.38. The first-order valence-electron chi connectivity index (χ1n) is 9.10. The average molecular weight is 425 g/mol. The van der Waals surface area contributed by atoms with Gasteiger partial charge in [0.2, 0.25) is 5.91 Å². The van der Waals surface area contributed by atoms with E-state index in [2.05, 4.69) is 28.9 Å². The molecule has 0 bridgehead atoms. The number of fused-ring (bicyclic) bond motifs is 1. The van der Waals surface area contributed by atoms with Crippen molar-refractivity contribution in [2.24, 2.45) is 0 Å². The highest BCUT2D eigenvalue weighted by molar-refractivity contribution is 9.10. The summed E-state index contributed by atoms with van der Waals surface area (Å²) in [5.41, 5.74) is 3.96. The number of amides is 2. The van der Waals surface area contributed by atoms with Crippen molar-refractivity contribution in [3.05, 3.63) is 27.2 Å². The van der Waals surface area contributed by atoms with Crippen LogP contribution in [0, 0.1) is 6.92 Å². The number of aryl methyl sites for hydroxylation is 2. The normalized spacial score (nSPS) is 14.3.